The van der Waals surface area contributed by atoms with E-state index < -0.39 is 0 Å². The molecule has 0 aliphatic rings. The van der Waals surface area contributed by atoms with Gasteiger partial charge in [0.1, 0.15) is 0 Å². The second-order valence-electron chi connectivity index (χ2n) is 4.02. The Labute approximate surface area is 117 Å². The van der Waals surface area contributed by atoms with Gasteiger partial charge in [-0.25, -0.2) is 4.68 Å². The molecule has 2 rings (SSSR count). The van der Waals surface area contributed by atoms with E-state index >= 15 is 0 Å². The Bertz CT molecular complexity index is 529. The van der Waals surface area contributed by atoms with Crippen LogP contribution in [0.1, 0.15) is 13.8 Å². The predicted molar refractivity (Wildman–Crippen MR) is 75.7 cm³/mol. The van der Waals surface area contributed by atoms with Crippen molar-refractivity contribution in [1.82, 2.24) is 24.7 Å². The fourth-order valence-corrected chi connectivity index (χ4v) is 1.72. The minimum absolute atomic E-state index is 0.176. The zero-order chi connectivity index (χ0) is 14.4. The van der Waals surface area contributed by atoms with Gasteiger partial charge in [0.2, 0.25) is 11.9 Å². The zero-order valence-corrected chi connectivity index (χ0v) is 11.7. The molecule has 108 valence electrons. The maximum Gasteiger partial charge on any atom is 0.257 e. The molecule has 8 nitrogen and oxygen atoms in total. The number of nitrogen functional groups attached to an aromatic ring is 1. The first kappa shape index (κ1) is 14.2. The SMILES string of the molecule is CCOCCN(CC)c1nc(N)nc(-n2cccn2)n1. The second-order valence-corrected chi connectivity index (χ2v) is 4.02. The van der Waals surface area contributed by atoms with Crippen LogP contribution in [0.2, 0.25) is 0 Å². The van der Waals surface area contributed by atoms with E-state index in [2.05, 4.69) is 20.1 Å². The lowest BCUT2D eigenvalue weighted by Gasteiger charge is -2.20. The molecule has 0 saturated carbocycles. The van der Waals surface area contributed by atoms with Crippen molar-refractivity contribution < 1.29 is 4.74 Å². The number of hydrogen-bond donors (Lipinski definition) is 1. The standard InChI is InChI=1S/C12H19N7O/c1-3-18(8-9-20-4-2)11-15-10(13)16-12(17-11)19-7-5-6-14-19/h5-7H,3-4,8-9H2,1-2H3,(H2,13,15,16,17). The summed E-state index contributed by atoms with van der Waals surface area (Å²) in [4.78, 5) is 14.6. The molecule has 0 radical (unpaired) electrons. The summed E-state index contributed by atoms with van der Waals surface area (Å²) < 4.78 is 6.91. The molecule has 20 heavy (non-hydrogen) atoms. The lowest BCUT2D eigenvalue weighted by Crippen LogP contribution is -2.29. The Morgan fingerprint density at radius 1 is 1.30 bits per heavy atom. The predicted octanol–water partition coefficient (Wildman–Crippen LogP) is 0.502. The van der Waals surface area contributed by atoms with Gasteiger partial charge in [0.05, 0.1) is 6.61 Å². The van der Waals surface area contributed by atoms with Crippen LogP contribution in [0.3, 0.4) is 0 Å². The maximum atomic E-state index is 5.75. The number of aromatic nitrogens is 5. The molecule has 0 bridgehead atoms. The minimum atomic E-state index is 0.176. The van der Waals surface area contributed by atoms with Gasteiger partial charge in [0, 0.05) is 32.1 Å². The van der Waals surface area contributed by atoms with Gasteiger partial charge in [0.15, 0.2) is 0 Å². The summed E-state index contributed by atoms with van der Waals surface area (Å²) in [7, 11) is 0. The van der Waals surface area contributed by atoms with Crippen molar-refractivity contribution in [2.75, 3.05) is 36.9 Å². The normalized spacial score (nSPS) is 10.7. The summed E-state index contributed by atoms with van der Waals surface area (Å²) >= 11 is 0. The molecule has 8 heteroatoms. The van der Waals surface area contributed by atoms with Crippen LogP contribution in [-0.4, -0.2) is 51.0 Å². The molecule has 0 unspecified atom stereocenters. The van der Waals surface area contributed by atoms with Gasteiger partial charge in [-0.3, -0.25) is 0 Å². The average Bonchev–Trinajstić information content (AvgIpc) is 2.97. The largest absolute Gasteiger partial charge is 0.380 e. The highest BCUT2D eigenvalue weighted by atomic mass is 16.5. The number of likely N-dealkylation sites (N-methyl/N-ethyl adjacent to an activating group) is 1. The van der Waals surface area contributed by atoms with Crippen LogP contribution in [0.25, 0.3) is 5.95 Å². The van der Waals surface area contributed by atoms with Crippen molar-refractivity contribution >= 4 is 11.9 Å². The molecule has 0 aliphatic carbocycles. The van der Waals surface area contributed by atoms with Crippen LogP contribution < -0.4 is 10.6 Å². The summed E-state index contributed by atoms with van der Waals surface area (Å²) in [6, 6.07) is 1.80. The van der Waals surface area contributed by atoms with E-state index in [9.17, 15) is 0 Å². The highest BCUT2D eigenvalue weighted by Crippen LogP contribution is 2.11. The van der Waals surface area contributed by atoms with Gasteiger partial charge >= 0.3 is 0 Å². The molecule has 0 atom stereocenters. The monoisotopic (exact) mass is 277 g/mol. The molecule has 0 fully saturated rings. The third kappa shape index (κ3) is 3.41. The van der Waals surface area contributed by atoms with Crippen LogP contribution in [0.4, 0.5) is 11.9 Å². The number of nitrogens with two attached hydrogens (primary N) is 1. The molecule has 0 spiro atoms. The van der Waals surface area contributed by atoms with E-state index in [0.29, 0.717) is 31.7 Å². The number of hydrogen-bond acceptors (Lipinski definition) is 7. The van der Waals surface area contributed by atoms with E-state index in [4.69, 9.17) is 10.5 Å². The summed E-state index contributed by atoms with van der Waals surface area (Å²) in [5.74, 6) is 1.12. The Morgan fingerprint density at radius 3 is 2.80 bits per heavy atom. The lowest BCUT2D eigenvalue weighted by molar-refractivity contribution is 0.153. The first-order valence-electron chi connectivity index (χ1n) is 6.58. The van der Waals surface area contributed by atoms with E-state index in [1.807, 2.05) is 18.7 Å². The van der Waals surface area contributed by atoms with Crippen molar-refractivity contribution in [1.29, 1.82) is 0 Å². The van der Waals surface area contributed by atoms with Crippen LogP contribution in [-0.2, 0) is 4.74 Å². The highest BCUT2D eigenvalue weighted by Gasteiger charge is 2.12. The van der Waals surface area contributed by atoms with Gasteiger partial charge in [-0.2, -0.15) is 20.1 Å². The molecule has 0 saturated heterocycles. The third-order valence-corrected chi connectivity index (χ3v) is 2.71. The van der Waals surface area contributed by atoms with E-state index in [1.165, 1.54) is 0 Å². The molecule has 2 aromatic heterocycles. The van der Waals surface area contributed by atoms with Gasteiger partial charge in [-0.15, -0.1) is 0 Å². The molecule has 0 aliphatic heterocycles. The number of ether oxygens (including phenoxy) is 1. The fraction of sp³-hybridized carbons (Fsp3) is 0.500. The molecule has 2 N–H and O–H groups in total. The average molecular weight is 277 g/mol. The van der Waals surface area contributed by atoms with Crippen LogP contribution in [0, 0.1) is 0 Å². The molecule has 2 aromatic rings. The van der Waals surface area contributed by atoms with Gasteiger partial charge in [-0.05, 0) is 19.9 Å². The minimum Gasteiger partial charge on any atom is -0.380 e. The summed E-state index contributed by atoms with van der Waals surface area (Å²) in [5, 5.41) is 4.09. The zero-order valence-electron chi connectivity index (χ0n) is 11.7. The fourth-order valence-electron chi connectivity index (χ4n) is 1.72. The van der Waals surface area contributed by atoms with Gasteiger partial charge < -0.3 is 15.4 Å². The van der Waals surface area contributed by atoms with Crippen molar-refractivity contribution in [2.24, 2.45) is 0 Å². The molecular weight excluding hydrogens is 258 g/mol. The molecule has 0 amide bonds. The van der Waals surface area contributed by atoms with E-state index in [1.54, 1.807) is 23.1 Å². The third-order valence-electron chi connectivity index (χ3n) is 2.71. The quantitative estimate of drug-likeness (QED) is 0.736. The van der Waals surface area contributed by atoms with Crippen molar-refractivity contribution in [2.45, 2.75) is 13.8 Å². The highest BCUT2D eigenvalue weighted by molar-refractivity contribution is 5.37. The maximum absolute atomic E-state index is 5.75. The summed E-state index contributed by atoms with van der Waals surface area (Å²) in [5.41, 5.74) is 5.75. The Hall–Kier alpha value is -2.22. The van der Waals surface area contributed by atoms with Crippen molar-refractivity contribution in [3.63, 3.8) is 0 Å². The van der Waals surface area contributed by atoms with E-state index in [0.717, 1.165) is 6.54 Å². The summed E-state index contributed by atoms with van der Waals surface area (Å²) in [6.45, 7) is 6.76. The Morgan fingerprint density at radius 2 is 2.15 bits per heavy atom. The summed E-state index contributed by atoms with van der Waals surface area (Å²) in [6.07, 6.45) is 3.42. The smallest absolute Gasteiger partial charge is 0.257 e. The Kier molecular flexibility index (Phi) is 4.83. The van der Waals surface area contributed by atoms with Gasteiger partial charge in [-0.1, -0.05) is 0 Å². The number of nitrogens with zero attached hydrogens (tertiary/aromatic N) is 6. The van der Waals surface area contributed by atoms with E-state index in [-0.39, 0.29) is 5.95 Å². The first-order chi connectivity index (χ1) is 9.74. The second kappa shape index (κ2) is 6.80. The topological polar surface area (TPSA) is 95.0 Å². The number of rotatable bonds is 7. The first-order valence-corrected chi connectivity index (χ1v) is 6.58. The lowest BCUT2D eigenvalue weighted by atomic mass is 10.5. The molecule has 2 heterocycles. The molecule has 0 aromatic carbocycles. The van der Waals surface area contributed by atoms with Gasteiger partial charge in [0.25, 0.3) is 5.95 Å². The Balaban J connectivity index is 2.21. The van der Waals surface area contributed by atoms with Crippen molar-refractivity contribution in [3.05, 3.63) is 18.5 Å². The van der Waals surface area contributed by atoms with Crippen LogP contribution in [0.15, 0.2) is 18.5 Å². The molecular formula is C12H19N7O. The van der Waals surface area contributed by atoms with Crippen LogP contribution >= 0.6 is 0 Å². The van der Waals surface area contributed by atoms with Crippen LogP contribution in [0.5, 0.6) is 0 Å². The number of anilines is 2. The van der Waals surface area contributed by atoms with Crippen molar-refractivity contribution in [3.8, 4) is 5.95 Å².